The highest BCUT2D eigenvalue weighted by Gasteiger charge is 2.27. The average molecular weight is 257 g/mol. The van der Waals surface area contributed by atoms with Crippen molar-refractivity contribution in [2.75, 3.05) is 20.3 Å². The van der Waals surface area contributed by atoms with Crippen LogP contribution in [0.2, 0.25) is 0 Å². The second kappa shape index (κ2) is 5.55. The minimum Gasteiger partial charge on any atom is -0.379 e. The first kappa shape index (κ1) is 12.4. The molecular weight excluding hydrogens is 238 g/mol. The summed E-state index contributed by atoms with van der Waals surface area (Å²) in [6.45, 7) is 1.57. The van der Waals surface area contributed by atoms with E-state index in [1.54, 1.807) is 0 Å². The van der Waals surface area contributed by atoms with Gasteiger partial charge in [0.1, 0.15) is 5.82 Å². The number of likely N-dealkylation sites (N-methyl/N-ethyl adjacent to an activating group) is 1. The number of nitrogens with one attached hydrogen (secondary N) is 1. The van der Waals surface area contributed by atoms with Gasteiger partial charge in [-0.3, -0.25) is 0 Å². The zero-order chi connectivity index (χ0) is 13.1. The van der Waals surface area contributed by atoms with Crippen LogP contribution < -0.4 is 5.32 Å². The quantitative estimate of drug-likeness (QED) is 0.915. The number of hydrogen-bond donors (Lipinski definition) is 1. The molecule has 0 aliphatic carbocycles. The fourth-order valence-corrected chi connectivity index (χ4v) is 2.73. The molecule has 2 heterocycles. The van der Waals surface area contributed by atoms with Gasteiger partial charge in [-0.15, -0.1) is 0 Å². The maximum Gasteiger partial charge on any atom is 0.140 e. The van der Waals surface area contributed by atoms with E-state index < -0.39 is 0 Å². The van der Waals surface area contributed by atoms with Gasteiger partial charge in [-0.25, -0.2) is 4.98 Å². The fourth-order valence-electron chi connectivity index (χ4n) is 2.73. The van der Waals surface area contributed by atoms with Gasteiger partial charge in [-0.1, -0.05) is 30.3 Å². The van der Waals surface area contributed by atoms with Crippen LogP contribution in [0.4, 0.5) is 0 Å². The Morgan fingerprint density at radius 3 is 2.95 bits per heavy atom. The topological polar surface area (TPSA) is 39.1 Å². The zero-order valence-corrected chi connectivity index (χ0v) is 11.1. The smallest absolute Gasteiger partial charge is 0.140 e. The molecule has 0 bridgehead atoms. The molecule has 4 nitrogen and oxygen atoms in total. The van der Waals surface area contributed by atoms with Gasteiger partial charge in [0.2, 0.25) is 0 Å². The van der Waals surface area contributed by atoms with Crippen molar-refractivity contribution >= 4 is 0 Å². The molecule has 1 N–H and O–H groups in total. The number of ether oxygens (including phenoxy) is 1. The molecule has 1 aromatic carbocycles. The number of hydrogen-bond acceptors (Lipinski definition) is 3. The van der Waals surface area contributed by atoms with Crippen LogP contribution in [0.25, 0.3) is 11.4 Å². The molecule has 4 heteroatoms. The molecule has 2 unspecified atom stereocenters. The van der Waals surface area contributed by atoms with E-state index in [1.807, 2.05) is 37.6 Å². The molecule has 1 fully saturated rings. The van der Waals surface area contributed by atoms with E-state index >= 15 is 0 Å². The van der Waals surface area contributed by atoms with E-state index in [0.29, 0.717) is 12.1 Å². The largest absolute Gasteiger partial charge is 0.379 e. The van der Waals surface area contributed by atoms with Crippen LogP contribution in [0, 0.1) is 0 Å². The van der Waals surface area contributed by atoms with Crippen LogP contribution in [0.15, 0.2) is 42.7 Å². The lowest BCUT2D eigenvalue weighted by Gasteiger charge is -2.33. The van der Waals surface area contributed by atoms with Crippen molar-refractivity contribution in [2.45, 2.75) is 18.5 Å². The maximum atomic E-state index is 5.64. The van der Waals surface area contributed by atoms with Crippen LogP contribution in [-0.2, 0) is 4.74 Å². The van der Waals surface area contributed by atoms with Gasteiger partial charge in [-0.2, -0.15) is 0 Å². The van der Waals surface area contributed by atoms with Crippen molar-refractivity contribution in [2.24, 2.45) is 0 Å². The first-order valence-electron chi connectivity index (χ1n) is 6.73. The molecule has 0 amide bonds. The minimum absolute atomic E-state index is 0.302. The Balaban J connectivity index is 1.95. The maximum absolute atomic E-state index is 5.64. The average Bonchev–Trinajstić information content (AvgIpc) is 2.97. The molecule has 1 aliphatic heterocycles. The Kier molecular flexibility index (Phi) is 3.62. The van der Waals surface area contributed by atoms with Crippen molar-refractivity contribution in [3.8, 4) is 11.4 Å². The van der Waals surface area contributed by atoms with Gasteiger partial charge in [-0.05, 0) is 13.5 Å². The van der Waals surface area contributed by atoms with Crippen LogP contribution in [0.1, 0.15) is 12.5 Å². The highest BCUT2D eigenvalue weighted by atomic mass is 16.5. The van der Waals surface area contributed by atoms with Crippen molar-refractivity contribution in [3.05, 3.63) is 42.7 Å². The van der Waals surface area contributed by atoms with Crippen molar-refractivity contribution in [1.29, 1.82) is 0 Å². The summed E-state index contributed by atoms with van der Waals surface area (Å²) in [6.07, 6.45) is 4.95. The summed E-state index contributed by atoms with van der Waals surface area (Å²) in [7, 11) is 2.02. The Hall–Kier alpha value is -1.65. The zero-order valence-electron chi connectivity index (χ0n) is 11.1. The van der Waals surface area contributed by atoms with Crippen LogP contribution >= 0.6 is 0 Å². The molecule has 3 rings (SSSR count). The Morgan fingerprint density at radius 2 is 2.16 bits per heavy atom. The minimum atomic E-state index is 0.302. The summed E-state index contributed by atoms with van der Waals surface area (Å²) in [5.41, 5.74) is 1.15. The van der Waals surface area contributed by atoms with Gasteiger partial charge in [0.15, 0.2) is 0 Å². The second-order valence-corrected chi connectivity index (χ2v) is 4.85. The summed E-state index contributed by atoms with van der Waals surface area (Å²) in [4.78, 5) is 4.51. The predicted octanol–water partition coefficient (Wildman–Crippen LogP) is 2.10. The predicted molar refractivity (Wildman–Crippen MR) is 75.0 cm³/mol. The molecule has 19 heavy (non-hydrogen) atoms. The van der Waals surface area contributed by atoms with Gasteiger partial charge in [0, 0.05) is 30.6 Å². The molecule has 1 aliphatic rings. The Bertz CT molecular complexity index is 523. The third kappa shape index (κ3) is 2.41. The van der Waals surface area contributed by atoms with Gasteiger partial charge in [0.25, 0.3) is 0 Å². The standard InChI is InChI=1S/C15H19N3O/c1-16-13-7-10-19-11-14(13)18-9-8-17-15(18)12-5-3-2-4-6-12/h2-6,8-9,13-14,16H,7,10-11H2,1H3. The van der Waals surface area contributed by atoms with Gasteiger partial charge >= 0.3 is 0 Å². The van der Waals surface area contributed by atoms with Gasteiger partial charge in [0.05, 0.1) is 12.6 Å². The van der Waals surface area contributed by atoms with Crippen molar-refractivity contribution < 1.29 is 4.74 Å². The van der Waals surface area contributed by atoms with E-state index in [4.69, 9.17) is 4.74 Å². The lowest BCUT2D eigenvalue weighted by molar-refractivity contribution is 0.0396. The van der Waals surface area contributed by atoms with Crippen LogP contribution in [0.5, 0.6) is 0 Å². The molecular formula is C15H19N3O. The van der Waals surface area contributed by atoms with E-state index in [9.17, 15) is 0 Å². The van der Waals surface area contributed by atoms with E-state index in [-0.39, 0.29) is 0 Å². The SMILES string of the molecule is CNC1CCOCC1n1ccnc1-c1ccccc1. The Morgan fingerprint density at radius 1 is 1.32 bits per heavy atom. The lowest BCUT2D eigenvalue weighted by atomic mass is 10.0. The van der Waals surface area contributed by atoms with E-state index in [0.717, 1.165) is 31.0 Å². The Labute approximate surface area is 113 Å². The summed E-state index contributed by atoms with van der Waals surface area (Å²) < 4.78 is 7.87. The highest BCUT2D eigenvalue weighted by Crippen LogP contribution is 2.26. The molecule has 2 aromatic rings. The second-order valence-electron chi connectivity index (χ2n) is 4.85. The van der Waals surface area contributed by atoms with Crippen molar-refractivity contribution in [1.82, 2.24) is 14.9 Å². The molecule has 0 radical (unpaired) electrons. The lowest BCUT2D eigenvalue weighted by Crippen LogP contribution is -2.42. The number of aromatic nitrogens is 2. The van der Waals surface area contributed by atoms with Crippen molar-refractivity contribution in [3.63, 3.8) is 0 Å². The first-order chi connectivity index (χ1) is 9.40. The summed E-state index contributed by atoms with van der Waals surface area (Å²) in [5, 5.41) is 3.39. The van der Waals surface area contributed by atoms with Crippen LogP contribution in [-0.4, -0.2) is 35.9 Å². The molecule has 2 atom stereocenters. The number of rotatable bonds is 3. The van der Waals surface area contributed by atoms with E-state index in [1.165, 1.54) is 0 Å². The van der Waals surface area contributed by atoms with E-state index in [2.05, 4.69) is 27.0 Å². The summed E-state index contributed by atoms with van der Waals surface area (Å²) in [6, 6.07) is 11.0. The van der Waals surface area contributed by atoms with Gasteiger partial charge < -0.3 is 14.6 Å². The molecule has 0 spiro atoms. The molecule has 0 saturated carbocycles. The summed E-state index contributed by atoms with van der Waals surface area (Å²) >= 11 is 0. The normalized spacial score (nSPS) is 23.4. The third-order valence-corrected chi connectivity index (χ3v) is 3.76. The first-order valence-corrected chi connectivity index (χ1v) is 6.73. The molecule has 100 valence electrons. The number of benzene rings is 1. The monoisotopic (exact) mass is 257 g/mol. The highest BCUT2D eigenvalue weighted by molar-refractivity contribution is 5.55. The fraction of sp³-hybridized carbons (Fsp3) is 0.400. The number of nitrogens with zero attached hydrogens (tertiary/aromatic N) is 2. The third-order valence-electron chi connectivity index (χ3n) is 3.76. The number of imidazole rings is 1. The molecule has 1 saturated heterocycles. The van der Waals surface area contributed by atoms with Crippen LogP contribution in [0.3, 0.4) is 0 Å². The summed E-state index contributed by atoms with van der Waals surface area (Å²) in [5.74, 6) is 1.01. The molecule has 1 aromatic heterocycles.